The molecule has 1 heterocycles. The molecule has 0 aromatic heterocycles. The van der Waals surface area contributed by atoms with Crippen LogP contribution in [0.1, 0.15) is 42.6 Å². The highest BCUT2D eigenvalue weighted by Gasteiger charge is 2.30. The number of rotatable bonds is 7. The van der Waals surface area contributed by atoms with Crippen LogP contribution in [-0.4, -0.2) is 35.7 Å². The molecule has 3 amide bonds. The average Bonchev–Trinajstić information content (AvgIpc) is 3.04. The van der Waals surface area contributed by atoms with Crippen LogP contribution in [-0.2, 0) is 16.1 Å². The number of nitrogens with one attached hydrogen (secondary N) is 1. The molecule has 0 spiro atoms. The topological polar surface area (TPSA) is 69.7 Å². The fourth-order valence-corrected chi connectivity index (χ4v) is 3.28. The first-order valence-corrected chi connectivity index (χ1v) is 9.60. The quantitative estimate of drug-likeness (QED) is 0.748. The Morgan fingerprint density at radius 3 is 2.25 bits per heavy atom. The van der Waals surface area contributed by atoms with E-state index in [-0.39, 0.29) is 30.6 Å². The first kappa shape index (κ1) is 19.8. The van der Waals surface area contributed by atoms with E-state index in [9.17, 15) is 14.4 Å². The summed E-state index contributed by atoms with van der Waals surface area (Å²) < 4.78 is 0. The van der Waals surface area contributed by atoms with E-state index in [0.717, 1.165) is 30.9 Å². The van der Waals surface area contributed by atoms with Gasteiger partial charge < -0.3 is 5.32 Å². The summed E-state index contributed by atoms with van der Waals surface area (Å²) in [5.41, 5.74) is 2.86. The molecule has 0 atom stereocenters. The van der Waals surface area contributed by atoms with Crippen molar-refractivity contribution in [3.63, 3.8) is 0 Å². The molecule has 0 bridgehead atoms. The monoisotopic (exact) mass is 379 g/mol. The van der Waals surface area contributed by atoms with Gasteiger partial charge in [0.05, 0.1) is 5.69 Å². The Labute approximate surface area is 165 Å². The molecule has 1 N–H and O–H groups in total. The lowest BCUT2D eigenvalue weighted by atomic mass is 10.1. The van der Waals surface area contributed by atoms with Crippen LogP contribution in [0.5, 0.6) is 0 Å². The highest BCUT2D eigenvalue weighted by molar-refractivity contribution is 6.20. The number of carbonyl (C=O) groups excluding carboxylic acids is 3. The molecule has 2 aromatic rings. The predicted octanol–water partition coefficient (Wildman–Crippen LogP) is 3.43. The summed E-state index contributed by atoms with van der Waals surface area (Å²) in [6.45, 7) is 7.04. The molecular weight excluding hydrogens is 354 g/mol. The third kappa shape index (κ3) is 4.46. The second-order valence-corrected chi connectivity index (χ2v) is 6.79. The van der Waals surface area contributed by atoms with Crippen molar-refractivity contribution >= 4 is 29.1 Å². The van der Waals surface area contributed by atoms with E-state index in [4.69, 9.17) is 0 Å². The Kier molecular flexibility index (Phi) is 6.21. The Morgan fingerprint density at radius 2 is 1.64 bits per heavy atom. The van der Waals surface area contributed by atoms with Gasteiger partial charge in [-0.05, 0) is 55.1 Å². The number of benzene rings is 2. The fourth-order valence-electron chi connectivity index (χ4n) is 3.28. The number of carbonyl (C=O) groups is 3. The van der Waals surface area contributed by atoms with Gasteiger partial charge in [0, 0.05) is 30.6 Å². The molecule has 1 aliphatic rings. The highest BCUT2D eigenvalue weighted by Crippen LogP contribution is 2.23. The van der Waals surface area contributed by atoms with Gasteiger partial charge in [0.25, 0.3) is 5.91 Å². The minimum Gasteiger partial charge on any atom is -0.322 e. The smallest absolute Gasteiger partial charge is 0.255 e. The molecule has 6 heteroatoms. The van der Waals surface area contributed by atoms with Gasteiger partial charge in [0.2, 0.25) is 11.8 Å². The molecule has 2 aromatic carbocycles. The van der Waals surface area contributed by atoms with Gasteiger partial charge in [0.1, 0.15) is 0 Å². The lowest BCUT2D eigenvalue weighted by Crippen LogP contribution is -2.28. The Hall–Kier alpha value is -2.99. The normalized spacial score (nSPS) is 14.0. The molecule has 0 aliphatic carbocycles. The second-order valence-electron chi connectivity index (χ2n) is 6.79. The first-order valence-electron chi connectivity index (χ1n) is 9.60. The number of imide groups is 1. The zero-order valence-corrected chi connectivity index (χ0v) is 16.3. The summed E-state index contributed by atoms with van der Waals surface area (Å²) >= 11 is 0. The van der Waals surface area contributed by atoms with E-state index in [2.05, 4.69) is 24.1 Å². The van der Waals surface area contributed by atoms with Crippen LogP contribution in [0.25, 0.3) is 0 Å². The molecule has 0 saturated carbocycles. The van der Waals surface area contributed by atoms with E-state index in [1.807, 2.05) is 24.3 Å². The maximum absolute atomic E-state index is 12.6. The van der Waals surface area contributed by atoms with Gasteiger partial charge in [-0.15, -0.1) is 0 Å². The molecule has 1 saturated heterocycles. The first-order chi connectivity index (χ1) is 13.5. The van der Waals surface area contributed by atoms with Crippen LogP contribution in [0.4, 0.5) is 11.4 Å². The van der Waals surface area contributed by atoms with Gasteiger partial charge in [-0.3, -0.25) is 24.2 Å². The summed E-state index contributed by atoms with van der Waals surface area (Å²) in [5.74, 6) is -0.634. The third-order valence-corrected chi connectivity index (χ3v) is 4.92. The van der Waals surface area contributed by atoms with Crippen molar-refractivity contribution in [2.45, 2.75) is 33.2 Å². The van der Waals surface area contributed by atoms with E-state index in [0.29, 0.717) is 11.3 Å². The van der Waals surface area contributed by atoms with E-state index in [1.165, 1.54) is 4.90 Å². The lowest BCUT2D eigenvalue weighted by Gasteiger charge is -2.18. The van der Waals surface area contributed by atoms with Crippen molar-refractivity contribution in [2.24, 2.45) is 0 Å². The SMILES string of the molecule is CCN(CC)Cc1cccc(NC(=O)c2ccc(N3C(=O)CCC3=O)cc2)c1. The van der Waals surface area contributed by atoms with Crippen LogP contribution in [0.2, 0.25) is 0 Å². The maximum Gasteiger partial charge on any atom is 0.255 e. The van der Waals surface area contributed by atoms with Crippen LogP contribution < -0.4 is 10.2 Å². The largest absolute Gasteiger partial charge is 0.322 e. The van der Waals surface area contributed by atoms with Crippen molar-refractivity contribution in [3.8, 4) is 0 Å². The van der Waals surface area contributed by atoms with Crippen LogP contribution in [0.15, 0.2) is 48.5 Å². The van der Waals surface area contributed by atoms with Crippen molar-refractivity contribution in [2.75, 3.05) is 23.3 Å². The van der Waals surface area contributed by atoms with Crippen LogP contribution >= 0.6 is 0 Å². The Bertz CT molecular complexity index is 857. The van der Waals surface area contributed by atoms with Crippen LogP contribution in [0.3, 0.4) is 0 Å². The third-order valence-electron chi connectivity index (χ3n) is 4.92. The van der Waals surface area contributed by atoms with E-state index < -0.39 is 0 Å². The molecule has 1 fully saturated rings. The number of anilines is 2. The molecule has 0 radical (unpaired) electrons. The summed E-state index contributed by atoms with van der Waals surface area (Å²) in [7, 11) is 0. The van der Waals surface area contributed by atoms with Crippen molar-refractivity contribution in [1.82, 2.24) is 4.90 Å². The molecule has 0 unspecified atom stereocenters. The Morgan fingerprint density at radius 1 is 1.00 bits per heavy atom. The van der Waals surface area contributed by atoms with Gasteiger partial charge in [-0.1, -0.05) is 26.0 Å². The highest BCUT2D eigenvalue weighted by atomic mass is 16.2. The summed E-state index contributed by atoms with van der Waals surface area (Å²) in [6.07, 6.45) is 0.482. The maximum atomic E-state index is 12.6. The number of hydrogen-bond donors (Lipinski definition) is 1. The standard InChI is InChI=1S/C22H25N3O3/c1-3-24(4-2)15-16-6-5-7-18(14-16)23-22(28)17-8-10-19(11-9-17)25-20(26)12-13-21(25)27/h5-11,14H,3-4,12-13,15H2,1-2H3,(H,23,28). The fraction of sp³-hybridized carbons (Fsp3) is 0.318. The summed E-state index contributed by atoms with van der Waals surface area (Å²) in [6, 6.07) is 14.3. The Balaban J connectivity index is 1.68. The van der Waals surface area contributed by atoms with Crippen molar-refractivity contribution < 1.29 is 14.4 Å². The van der Waals surface area contributed by atoms with Crippen molar-refractivity contribution in [3.05, 3.63) is 59.7 Å². The van der Waals surface area contributed by atoms with E-state index in [1.54, 1.807) is 24.3 Å². The predicted molar refractivity (Wildman–Crippen MR) is 109 cm³/mol. The molecule has 3 rings (SSSR count). The zero-order chi connectivity index (χ0) is 20.1. The summed E-state index contributed by atoms with van der Waals surface area (Å²) in [5, 5.41) is 2.91. The minimum atomic E-state index is -0.231. The van der Waals surface area contributed by atoms with Gasteiger partial charge >= 0.3 is 0 Å². The number of amides is 3. The molecule has 6 nitrogen and oxygen atoms in total. The molecule has 28 heavy (non-hydrogen) atoms. The van der Waals surface area contributed by atoms with Crippen LogP contribution in [0, 0.1) is 0 Å². The van der Waals surface area contributed by atoms with E-state index >= 15 is 0 Å². The number of hydrogen-bond acceptors (Lipinski definition) is 4. The van der Waals surface area contributed by atoms with Crippen molar-refractivity contribution in [1.29, 1.82) is 0 Å². The van der Waals surface area contributed by atoms with Gasteiger partial charge in [-0.2, -0.15) is 0 Å². The zero-order valence-electron chi connectivity index (χ0n) is 16.3. The lowest BCUT2D eigenvalue weighted by molar-refractivity contribution is -0.121. The number of nitrogens with zero attached hydrogens (tertiary/aromatic N) is 2. The minimum absolute atomic E-state index is 0.202. The van der Waals surface area contributed by atoms with Gasteiger partial charge in [-0.25, -0.2) is 0 Å². The molecule has 1 aliphatic heterocycles. The molecular formula is C22H25N3O3. The summed E-state index contributed by atoms with van der Waals surface area (Å²) in [4.78, 5) is 39.7. The van der Waals surface area contributed by atoms with Gasteiger partial charge in [0.15, 0.2) is 0 Å². The molecule has 146 valence electrons. The second kappa shape index (κ2) is 8.80. The average molecular weight is 379 g/mol.